The van der Waals surface area contributed by atoms with Crippen LogP contribution in [0.4, 0.5) is 0 Å². The summed E-state index contributed by atoms with van der Waals surface area (Å²) in [5.74, 6) is -1.46. The van der Waals surface area contributed by atoms with Crippen molar-refractivity contribution >= 4 is 35.0 Å². The van der Waals surface area contributed by atoms with Crippen LogP contribution in [0.25, 0.3) is 10.6 Å². The predicted molar refractivity (Wildman–Crippen MR) is 134 cm³/mol. The van der Waals surface area contributed by atoms with Gasteiger partial charge in [0.15, 0.2) is 0 Å². The van der Waals surface area contributed by atoms with Crippen LogP contribution < -0.4 is 5.73 Å². The Bertz CT molecular complexity index is 1420. The second kappa shape index (κ2) is 9.41. The Morgan fingerprint density at radius 2 is 2.03 bits per heavy atom. The number of carbonyl (C=O) groups is 2. The van der Waals surface area contributed by atoms with Crippen molar-refractivity contribution in [3.63, 3.8) is 0 Å². The average molecular weight is 501 g/mol. The van der Waals surface area contributed by atoms with Crippen molar-refractivity contribution in [2.75, 3.05) is 12.4 Å². The van der Waals surface area contributed by atoms with Crippen molar-refractivity contribution < 1.29 is 14.3 Å². The van der Waals surface area contributed by atoms with Gasteiger partial charge in [0.25, 0.3) is 5.91 Å². The largest absolute Gasteiger partial charge is 0.463 e. The number of nitriles is 1. The Labute approximate surface area is 210 Å². The van der Waals surface area contributed by atoms with E-state index in [4.69, 9.17) is 15.5 Å². The minimum absolute atomic E-state index is 0.0187. The van der Waals surface area contributed by atoms with Crippen LogP contribution in [0, 0.1) is 11.3 Å². The molecule has 1 aromatic carbocycles. The molecular formula is C26H20N4O3S2. The lowest BCUT2D eigenvalue weighted by Crippen LogP contribution is -2.41. The molecule has 1 atom stereocenters. The van der Waals surface area contributed by atoms with Crippen molar-refractivity contribution in [2.24, 2.45) is 5.73 Å². The molecule has 4 heterocycles. The monoisotopic (exact) mass is 500 g/mol. The quantitative estimate of drug-likeness (QED) is 0.519. The molecule has 2 aliphatic heterocycles. The molecule has 174 valence electrons. The van der Waals surface area contributed by atoms with Crippen molar-refractivity contribution in [2.45, 2.75) is 17.9 Å². The van der Waals surface area contributed by atoms with Crippen LogP contribution in [0.15, 0.2) is 87.7 Å². The maximum atomic E-state index is 13.8. The Kier molecular flexibility index (Phi) is 6.16. The molecule has 3 aromatic rings. The van der Waals surface area contributed by atoms with Crippen molar-refractivity contribution in [3.05, 3.63) is 93.8 Å². The van der Waals surface area contributed by atoms with Gasteiger partial charge in [-0.2, -0.15) is 5.26 Å². The van der Waals surface area contributed by atoms with Gasteiger partial charge in [-0.25, -0.2) is 9.78 Å². The summed E-state index contributed by atoms with van der Waals surface area (Å²) < 4.78 is 5.40. The number of nitrogens with two attached hydrogens (primary N) is 1. The molecule has 1 unspecified atom stereocenters. The van der Waals surface area contributed by atoms with Crippen molar-refractivity contribution in [3.8, 4) is 16.6 Å². The zero-order chi connectivity index (χ0) is 24.5. The summed E-state index contributed by atoms with van der Waals surface area (Å²) in [6.45, 7) is 1.88. The van der Waals surface area contributed by atoms with E-state index in [2.05, 4.69) is 6.07 Å². The molecule has 2 aromatic heterocycles. The second-order valence-corrected chi connectivity index (χ2v) is 9.70. The number of fused-ring (bicyclic) bond motifs is 2. The van der Waals surface area contributed by atoms with E-state index in [1.807, 2.05) is 47.8 Å². The Balaban J connectivity index is 1.70. The number of hydrogen-bond donors (Lipinski definition) is 1. The Morgan fingerprint density at radius 3 is 2.71 bits per heavy atom. The topological polar surface area (TPSA) is 109 Å². The molecule has 0 fully saturated rings. The van der Waals surface area contributed by atoms with E-state index in [1.54, 1.807) is 30.4 Å². The first-order valence-electron chi connectivity index (χ1n) is 10.9. The Morgan fingerprint density at radius 1 is 1.23 bits per heavy atom. The normalized spacial score (nSPS) is 17.4. The van der Waals surface area contributed by atoms with Gasteiger partial charge in [-0.1, -0.05) is 48.2 Å². The van der Waals surface area contributed by atoms with Gasteiger partial charge in [-0.15, -0.1) is 11.3 Å². The van der Waals surface area contributed by atoms with Gasteiger partial charge in [-0.3, -0.25) is 9.69 Å². The number of allylic oxidation sites excluding steroid dienone is 1. The molecule has 9 heteroatoms. The van der Waals surface area contributed by atoms with Gasteiger partial charge >= 0.3 is 5.97 Å². The lowest BCUT2D eigenvalue weighted by Gasteiger charge is -2.35. The van der Waals surface area contributed by atoms with Crippen LogP contribution >= 0.6 is 23.1 Å². The summed E-state index contributed by atoms with van der Waals surface area (Å²) in [5, 5.41) is 12.6. The minimum atomic E-state index is -0.740. The van der Waals surface area contributed by atoms with Gasteiger partial charge in [-0.05, 0) is 36.1 Å². The minimum Gasteiger partial charge on any atom is -0.463 e. The molecule has 2 aliphatic rings. The van der Waals surface area contributed by atoms with E-state index in [1.165, 1.54) is 16.7 Å². The number of pyridine rings is 1. The van der Waals surface area contributed by atoms with Gasteiger partial charge in [0.1, 0.15) is 10.8 Å². The lowest BCUT2D eigenvalue weighted by atomic mass is 9.81. The van der Waals surface area contributed by atoms with Gasteiger partial charge in [0, 0.05) is 11.4 Å². The van der Waals surface area contributed by atoms with Crippen LogP contribution in [-0.2, 0) is 9.53 Å². The number of thiophene rings is 1. The molecule has 0 saturated heterocycles. The standard InChI is InChI=1S/C26H20N4O3S2/c1-2-33-26(32)22-19-14-35-24-16(10-11-18(29-24)20-9-6-12-34-20)25(31)30(19)23(28)17(13-27)21(22)15-7-4-3-5-8-15/h3-12,21H,2,14,28H2,1H3. The molecule has 5 rings (SSSR count). The van der Waals surface area contributed by atoms with Crippen molar-refractivity contribution in [1.29, 1.82) is 5.26 Å². The summed E-state index contributed by atoms with van der Waals surface area (Å²) in [6.07, 6.45) is 0. The van der Waals surface area contributed by atoms with Gasteiger partial charge in [0.2, 0.25) is 0 Å². The second-order valence-electron chi connectivity index (χ2n) is 7.79. The van der Waals surface area contributed by atoms with E-state index in [0.717, 1.165) is 16.1 Å². The molecule has 1 amide bonds. The van der Waals surface area contributed by atoms with Gasteiger partial charge in [0.05, 0.1) is 45.9 Å². The van der Waals surface area contributed by atoms with Crippen LogP contribution in [0.2, 0.25) is 0 Å². The highest BCUT2D eigenvalue weighted by Gasteiger charge is 2.43. The summed E-state index contributed by atoms with van der Waals surface area (Å²) >= 11 is 2.93. The van der Waals surface area contributed by atoms with Crippen LogP contribution in [0.5, 0.6) is 0 Å². The maximum Gasteiger partial charge on any atom is 0.336 e. The third kappa shape index (κ3) is 3.91. The van der Waals surface area contributed by atoms with Crippen LogP contribution in [0.1, 0.15) is 28.8 Å². The SMILES string of the molecule is CCOC(=O)C1=C2CSc3nc(-c4cccs4)ccc3C(=O)N2C(N)=C(C#N)C1c1ccccc1. The number of benzene rings is 1. The molecule has 0 bridgehead atoms. The summed E-state index contributed by atoms with van der Waals surface area (Å²) in [5.41, 5.74) is 9.13. The van der Waals surface area contributed by atoms with Crippen LogP contribution in [0.3, 0.4) is 0 Å². The van der Waals surface area contributed by atoms with Gasteiger partial charge < -0.3 is 10.5 Å². The number of hydrogen-bond acceptors (Lipinski definition) is 8. The van der Waals surface area contributed by atoms with Crippen LogP contribution in [-0.4, -0.2) is 34.1 Å². The average Bonchev–Trinajstić information content (AvgIpc) is 3.37. The highest BCUT2D eigenvalue weighted by Crippen LogP contribution is 2.45. The third-order valence-corrected chi connectivity index (χ3v) is 7.73. The number of ether oxygens (including phenoxy) is 1. The molecule has 0 spiro atoms. The first-order chi connectivity index (χ1) is 17.0. The highest BCUT2D eigenvalue weighted by atomic mass is 32.2. The van der Waals surface area contributed by atoms with E-state index in [9.17, 15) is 14.9 Å². The first kappa shape index (κ1) is 22.9. The predicted octanol–water partition coefficient (Wildman–Crippen LogP) is 4.67. The molecule has 0 radical (unpaired) electrons. The number of thioether (sulfide) groups is 1. The summed E-state index contributed by atoms with van der Waals surface area (Å²) in [4.78, 5) is 34.1. The fourth-order valence-electron chi connectivity index (χ4n) is 4.30. The molecular weight excluding hydrogens is 480 g/mol. The van der Waals surface area contributed by atoms with E-state index < -0.39 is 17.8 Å². The molecule has 2 N–H and O–H groups in total. The number of aromatic nitrogens is 1. The number of esters is 1. The lowest BCUT2D eigenvalue weighted by molar-refractivity contribution is -0.138. The summed E-state index contributed by atoms with van der Waals surface area (Å²) in [6, 6.07) is 18.8. The fourth-order valence-corrected chi connectivity index (χ4v) is 6.02. The smallest absolute Gasteiger partial charge is 0.336 e. The molecule has 0 aliphatic carbocycles. The van der Waals surface area contributed by atoms with E-state index in [-0.39, 0.29) is 29.3 Å². The number of amides is 1. The zero-order valence-corrected chi connectivity index (χ0v) is 20.4. The first-order valence-corrected chi connectivity index (χ1v) is 12.8. The van der Waals surface area contributed by atoms with Crippen molar-refractivity contribution in [1.82, 2.24) is 9.88 Å². The number of rotatable bonds is 4. The Hall–Kier alpha value is -3.87. The molecule has 35 heavy (non-hydrogen) atoms. The summed E-state index contributed by atoms with van der Waals surface area (Å²) in [7, 11) is 0. The fraction of sp³-hybridized carbons (Fsp3) is 0.154. The molecule has 0 saturated carbocycles. The zero-order valence-electron chi connectivity index (χ0n) is 18.7. The number of nitrogens with zero attached hydrogens (tertiary/aromatic N) is 3. The van der Waals surface area contributed by atoms with E-state index in [0.29, 0.717) is 16.3 Å². The maximum absolute atomic E-state index is 13.8. The third-order valence-electron chi connectivity index (χ3n) is 5.84. The molecule has 7 nitrogen and oxygen atoms in total. The number of carbonyl (C=O) groups excluding carboxylic acids is 2. The highest BCUT2D eigenvalue weighted by molar-refractivity contribution is 7.99. The van der Waals surface area contributed by atoms with E-state index >= 15 is 0 Å².